The summed E-state index contributed by atoms with van der Waals surface area (Å²) in [6, 6.07) is 11.6. The van der Waals surface area contributed by atoms with Crippen LogP contribution in [0.1, 0.15) is 11.6 Å². The van der Waals surface area contributed by atoms with Crippen molar-refractivity contribution in [2.45, 2.75) is 6.04 Å². The first-order chi connectivity index (χ1) is 14.1. The van der Waals surface area contributed by atoms with Crippen molar-refractivity contribution in [2.24, 2.45) is 0 Å². The molecule has 1 fully saturated rings. The van der Waals surface area contributed by atoms with Gasteiger partial charge in [0.15, 0.2) is 6.61 Å². The molecule has 1 heterocycles. The Kier molecular flexibility index (Phi) is 7.69. The van der Waals surface area contributed by atoms with Gasteiger partial charge in [-0.1, -0.05) is 23.7 Å². The standard InChI is InChI=1S/C21H24ClFN2O4/c1-27-17-5-2-15(3-6-17)19(25-8-10-28-11-9-25)13-24-21(26)14-29-20-7-4-16(23)12-18(20)22/h2-7,12,19H,8-11,13-14H2,1H3,(H,24,26)/t19-/m1/s1. The summed E-state index contributed by atoms with van der Waals surface area (Å²) in [4.78, 5) is 14.6. The summed E-state index contributed by atoms with van der Waals surface area (Å²) in [5, 5.41) is 3.04. The second-order valence-electron chi connectivity index (χ2n) is 6.60. The third kappa shape index (κ3) is 6.06. The Morgan fingerprint density at radius 2 is 1.97 bits per heavy atom. The monoisotopic (exact) mass is 422 g/mol. The smallest absolute Gasteiger partial charge is 0.258 e. The summed E-state index contributed by atoms with van der Waals surface area (Å²) in [6.07, 6.45) is 0. The van der Waals surface area contributed by atoms with E-state index in [9.17, 15) is 9.18 Å². The molecule has 0 radical (unpaired) electrons. The number of methoxy groups -OCH3 is 1. The first-order valence-electron chi connectivity index (χ1n) is 9.37. The Bertz CT molecular complexity index is 813. The van der Waals surface area contributed by atoms with Crippen LogP contribution in [0.25, 0.3) is 0 Å². The molecule has 0 spiro atoms. The molecular weight excluding hydrogens is 399 g/mol. The van der Waals surface area contributed by atoms with Crippen LogP contribution in [0.2, 0.25) is 5.02 Å². The van der Waals surface area contributed by atoms with Crippen LogP contribution in [-0.4, -0.2) is 57.4 Å². The lowest BCUT2D eigenvalue weighted by atomic mass is 10.0. The minimum Gasteiger partial charge on any atom is -0.497 e. The molecule has 0 aliphatic carbocycles. The number of hydrogen-bond acceptors (Lipinski definition) is 5. The van der Waals surface area contributed by atoms with E-state index in [-0.39, 0.29) is 29.3 Å². The maximum atomic E-state index is 13.1. The number of carbonyl (C=O) groups excluding carboxylic acids is 1. The topological polar surface area (TPSA) is 60.0 Å². The fraction of sp³-hybridized carbons (Fsp3) is 0.381. The first kappa shape index (κ1) is 21.4. The van der Waals surface area contributed by atoms with Gasteiger partial charge in [0.25, 0.3) is 5.91 Å². The van der Waals surface area contributed by atoms with Gasteiger partial charge >= 0.3 is 0 Å². The molecule has 6 nitrogen and oxygen atoms in total. The number of benzene rings is 2. The summed E-state index contributed by atoms with van der Waals surface area (Å²) in [6.45, 7) is 3.11. The molecule has 2 aromatic carbocycles. The normalized spacial score (nSPS) is 15.6. The van der Waals surface area contributed by atoms with Crippen molar-refractivity contribution in [2.75, 3.05) is 46.6 Å². The number of hydrogen-bond donors (Lipinski definition) is 1. The largest absolute Gasteiger partial charge is 0.497 e. The van der Waals surface area contributed by atoms with Crippen LogP contribution in [-0.2, 0) is 9.53 Å². The van der Waals surface area contributed by atoms with Crippen LogP contribution >= 0.6 is 11.6 Å². The van der Waals surface area contributed by atoms with Crippen molar-refractivity contribution < 1.29 is 23.4 Å². The zero-order chi connectivity index (χ0) is 20.6. The van der Waals surface area contributed by atoms with Gasteiger partial charge < -0.3 is 19.5 Å². The Labute approximate surface area is 174 Å². The number of rotatable bonds is 8. The SMILES string of the molecule is COc1ccc([C@@H](CNC(=O)COc2ccc(F)cc2Cl)N2CCOCC2)cc1. The number of carbonyl (C=O) groups is 1. The number of nitrogens with zero attached hydrogens (tertiary/aromatic N) is 1. The van der Waals surface area contributed by atoms with Crippen LogP contribution in [0.4, 0.5) is 4.39 Å². The van der Waals surface area contributed by atoms with E-state index in [4.69, 9.17) is 25.8 Å². The number of ether oxygens (including phenoxy) is 3. The minimum absolute atomic E-state index is 0.00293. The van der Waals surface area contributed by atoms with Gasteiger partial charge in [-0.2, -0.15) is 0 Å². The van der Waals surface area contributed by atoms with E-state index in [1.165, 1.54) is 12.1 Å². The third-order valence-corrected chi connectivity index (χ3v) is 5.03. The summed E-state index contributed by atoms with van der Waals surface area (Å²) in [5.41, 5.74) is 1.08. The summed E-state index contributed by atoms with van der Waals surface area (Å²) in [5.74, 6) is 0.308. The fourth-order valence-electron chi connectivity index (χ4n) is 3.17. The highest BCUT2D eigenvalue weighted by Gasteiger charge is 2.23. The quantitative estimate of drug-likeness (QED) is 0.708. The van der Waals surface area contributed by atoms with Gasteiger partial charge in [-0.05, 0) is 35.9 Å². The summed E-state index contributed by atoms with van der Waals surface area (Å²) < 4.78 is 29.2. The summed E-state index contributed by atoms with van der Waals surface area (Å²) in [7, 11) is 1.63. The van der Waals surface area contributed by atoms with Crippen LogP contribution in [0, 0.1) is 5.82 Å². The third-order valence-electron chi connectivity index (χ3n) is 4.73. The van der Waals surface area contributed by atoms with Crippen LogP contribution in [0.3, 0.4) is 0 Å². The molecule has 8 heteroatoms. The van der Waals surface area contributed by atoms with Gasteiger partial charge in [0.1, 0.15) is 17.3 Å². The van der Waals surface area contributed by atoms with E-state index in [1.807, 2.05) is 24.3 Å². The molecule has 1 saturated heterocycles. The predicted octanol–water partition coefficient (Wildman–Crippen LogP) is 3.06. The lowest BCUT2D eigenvalue weighted by molar-refractivity contribution is -0.123. The molecular formula is C21H24ClFN2O4. The van der Waals surface area contributed by atoms with Gasteiger partial charge in [0.2, 0.25) is 0 Å². The number of halogens is 2. The lowest BCUT2D eigenvalue weighted by Crippen LogP contribution is -2.44. The van der Waals surface area contributed by atoms with E-state index in [1.54, 1.807) is 7.11 Å². The van der Waals surface area contributed by atoms with Crippen molar-refractivity contribution in [3.8, 4) is 11.5 Å². The van der Waals surface area contributed by atoms with Crippen molar-refractivity contribution in [1.82, 2.24) is 10.2 Å². The van der Waals surface area contributed by atoms with Gasteiger partial charge in [0.05, 0.1) is 31.4 Å². The molecule has 3 rings (SSSR count). The molecule has 29 heavy (non-hydrogen) atoms. The second kappa shape index (κ2) is 10.4. The molecule has 156 valence electrons. The molecule has 1 amide bonds. The molecule has 0 aromatic heterocycles. The van der Waals surface area contributed by atoms with Crippen molar-refractivity contribution in [3.05, 3.63) is 58.9 Å². The van der Waals surface area contributed by atoms with Gasteiger partial charge in [0, 0.05) is 19.6 Å². The van der Waals surface area contributed by atoms with Crippen molar-refractivity contribution in [1.29, 1.82) is 0 Å². The van der Waals surface area contributed by atoms with Gasteiger partial charge in [-0.25, -0.2) is 4.39 Å². The van der Waals surface area contributed by atoms with E-state index in [0.717, 1.165) is 30.5 Å². The lowest BCUT2D eigenvalue weighted by Gasteiger charge is -2.35. The molecule has 0 saturated carbocycles. The maximum Gasteiger partial charge on any atom is 0.258 e. The molecule has 1 N–H and O–H groups in total. The van der Waals surface area contributed by atoms with Crippen molar-refractivity contribution >= 4 is 17.5 Å². The Morgan fingerprint density at radius 1 is 1.24 bits per heavy atom. The Balaban J connectivity index is 1.60. The number of morpholine rings is 1. The zero-order valence-electron chi connectivity index (χ0n) is 16.2. The van der Waals surface area contributed by atoms with E-state index in [2.05, 4.69) is 10.2 Å². The Hall–Kier alpha value is -2.35. The Morgan fingerprint density at radius 3 is 2.62 bits per heavy atom. The highest BCUT2D eigenvalue weighted by Crippen LogP contribution is 2.25. The van der Waals surface area contributed by atoms with E-state index in [0.29, 0.717) is 19.8 Å². The highest BCUT2D eigenvalue weighted by atomic mass is 35.5. The second-order valence-corrected chi connectivity index (χ2v) is 7.01. The van der Waals surface area contributed by atoms with E-state index >= 15 is 0 Å². The first-order valence-corrected chi connectivity index (χ1v) is 9.75. The fourth-order valence-corrected chi connectivity index (χ4v) is 3.39. The maximum absolute atomic E-state index is 13.1. The molecule has 2 aromatic rings. The van der Waals surface area contributed by atoms with Crippen molar-refractivity contribution in [3.63, 3.8) is 0 Å². The van der Waals surface area contributed by atoms with Gasteiger partial charge in [-0.3, -0.25) is 9.69 Å². The average molecular weight is 423 g/mol. The molecule has 0 bridgehead atoms. The number of amides is 1. The molecule has 1 aliphatic heterocycles. The van der Waals surface area contributed by atoms with Gasteiger partial charge in [-0.15, -0.1) is 0 Å². The molecule has 1 aliphatic rings. The summed E-state index contributed by atoms with van der Waals surface area (Å²) >= 11 is 5.92. The number of nitrogens with one attached hydrogen (secondary N) is 1. The van der Waals surface area contributed by atoms with E-state index < -0.39 is 5.82 Å². The molecule has 0 unspecified atom stereocenters. The molecule has 1 atom stereocenters. The van der Waals surface area contributed by atoms with Crippen LogP contribution in [0.15, 0.2) is 42.5 Å². The minimum atomic E-state index is -0.459. The average Bonchev–Trinajstić information content (AvgIpc) is 2.74. The van der Waals surface area contributed by atoms with Crippen LogP contribution in [0.5, 0.6) is 11.5 Å². The highest BCUT2D eigenvalue weighted by molar-refractivity contribution is 6.32. The predicted molar refractivity (Wildman–Crippen MR) is 108 cm³/mol. The zero-order valence-corrected chi connectivity index (χ0v) is 17.0. The van der Waals surface area contributed by atoms with Crippen LogP contribution < -0.4 is 14.8 Å².